The highest BCUT2D eigenvalue weighted by atomic mass is 32.2. The number of sulfonamides is 1. The summed E-state index contributed by atoms with van der Waals surface area (Å²) in [5, 5.41) is 9.57. The molecule has 0 aliphatic rings. The standard InChI is InChI=1S/C14H16N2O3S/c17-14-4-2-1-3-13(14)11-16-20(18,19)10-7-12-5-8-15-9-6-12/h1-6,8-9,16-17H,7,10-11H2. The number of aromatic hydroxyl groups is 1. The maximum Gasteiger partial charge on any atom is 0.212 e. The summed E-state index contributed by atoms with van der Waals surface area (Å²) in [6.07, 6.45) is 3.70. The van der Waals surface area contributed by atoms with Crippen LogP contribution in [0.3, 0.4) is 0 Å². The molecule has 0 radical (unpaired) electrons. The number of phenols is 1. The molecule has 6 heteroatoms. The van der Waals surface area contributed by atoms with Crippen LogP contribution >= 0.6 is 0 Å². The topological polar surface area (TPSA) is 79.3 Å². The Bertz CT molecular complexity index is 657. The normalized spacial score (nSPS) is 11.4. The fourth-order valence-corrected chi connectivity index (χ4v) is 2.75. The Kier molecular flexibility index (Phi) is 4.70. The van der Waals surface area contributed by atoms with Gasteiger partial charge in [-0.15, -0.1) is 0 Å². The largest absolute Gasteiger partial charge is 0.508 e. The van der Waals surface area contributed by atoms with Gasteiger partial charge in [0, 0.05) is 24.5 Å². The van der Waals surface area contributed by atoms with E-state index in [4.69, 9.17) is 0 Å². The summed E-state index contributed by atoms with van der Waals surface area (Å²) in [6, 6.07) is 10.2. The summed E-state index contributed by atoms with van der Waals surface area (Å²) >= 11 is 0. The van der Waals surface area contributed by atoms with Crippen LogP contribution in [0.4, 0.5) is 0 Å². The predicted octanol–water partition coefficient (Wildman–Crippen LogP) is 1.45. The van der Waals surface area contributed by atoms with Crippen molar-refractivity contribution in [2.75, 3.05) is 5.75 Å². The molecule has 20 heavy (non-hydrogen) atoms. The van der Waals surface area contributed by atoms with Crippen molar-refractivity contribution in [1.82, 2.24) is 9.71 Å². The molecule has 0 saturated carbocycles. The molecule has 2 aromatic rings. The van der Waals surface area contributed by atoms with E-state index in [1.165, 1.54) is 6.07 Å². The number of para-hydroxylation sites is 1. The van der Waals surface area contributed by atoms with E-state index in [-0.39, 0.29) is 18.0 Å². The molecule has 1 heterocycles. The fourth-order valence-electron chi connectivity index (χ4n) is 1.72. The van der Waals surface area contributed by atoms with Crippen molar-refractivity contribution in [3.8, 4) is 5.75 Å². The van der Waals surface area contributed by atoms with Crippen LogP contribution in [0.5, 0.6) is 5.75 Å². The first-order valence-electron chi connectivity index (χ1n) is 6.20. The molecule has 1 aromatic carbocycles. The van der Waals surface area contributed by atoms with Gasteiger partial charge in [0.05, 0.1) is 5.75 Å². The van der Waals surface area contributed by atoms with Crippen LogP contribution in [-0.4, -0.2) is 24.3 Å². The molecule has 0 atom stereocenters. The van der Waals surface area contributed by atoms with Gasteiger partial charge in [-0.1, -0.05) is 18.2 Å². The highest BCUT2D eigenvalue weighted by Gasteiger charge is 2.11. The minimum atomic E-state index is -3.38. The number of benzene rings is 1. The quantitative estimate of drug-likeness (QED) is 0.844. The molecule has 0 amide bonds. The van der Waals surface area contributed by atoms with Crippen molar-refractivity contribution in [3.05, 3.63) is 59.9 Å². The molecular formula is C14H16N2O3S. The van der Waals surface area contributed by atoms with E-state index in [0.717, 1.165) is 5.56 Å². The first-order valence-corrected chi connectivity index (χ1v) is 7.85. The second-order valence-corrected chi connectivity index (χ2v) is 6.30. The average Bonchev–Trinajstić information content (AvgIpc) is 2.46. The van der Waals surface area contributed by atoms with Gasteiger partial charge in [-0.05, 0) is 30.2 Å². The minimum absolute atomic E-state index is 0.00457. The average molecular weight is 292 g/mol. The van der Waals surface area contributed by atoms with E-state index in [9.17, 15) is 13.5 Å². The Hall–Kier alpha value is -1.92. The molecule has 2 N–H and O–H groups in total. The Labute approximate surface area is 118 Å². The lowest BCUT2D eigenvalue weighted by atomic mass is 10.2. The lowest BCUT2D eigenvalue weighted by molar-refractivity contribution is 0.467. The highest BCUT2D eigenvalue weighted by molar-refractivity contribution is 7.89. The summed E-state index contributed by atoms with van der Waals surface area (Å²) in [5.74, 6) is 0.0919. The van der Waals surface area contributed by atoms with Crippen LogP contribution < -0.4 is 4.72 Å². The molecule has 0 unspecified atom stereocenters. The Morgan fingerprint density at radius 2 is 1.80 bits per heavy atom. The molecule has 0 aliphatic heterocycles. The van der Waals surface area contributed by atoms with E-state index in [1.54, 1.807) is 42.7 Å². The number of rotatable bonds is 6. The third-order valence-corrected chi connectivity index (χ3v) is 4.21. The van der Waals surface area contributed by atoms with Crippen molar-refractivity contribution < 1.29 is 13.5 Å². The predicted molar refractivity (Wildman–Crippen MR) is 76.7 cm³/mol. The number of nitrogens with zero attached hydrogens (tertiary/aromatic N) is 1. The second kappa shape index (κ2) is 6.49. The number of hydrogen-bond donors (Lipinski definition) is 2. The van der Waals surface area contributed by atoms with Crippen molar-refractivity contribution in [3.63, 3.8) is 0 Å². The van der Waals surface area contributed by atoms with Gasteiger partial charge in [-0.2, -0.15) is 0 Å². The molecule has 5 nitrogen and oxygen atoms in total. The monoisotopic (exact) mass is 292 g/mol. The summed E-state index contributed by atoms with van der Waals surface area (Å²) in [4.78, 5) is 3.88. The maximum absolute atomic E-state index is 11.9. The summed E-state index contributed by atoms with van der Waals surface area (Å²) in [7, 11) is -3.38. The summed E-state index contributed by atoms with van der Waals surface area (Å²) in [5.41, 5.74) is 1.48. The van der Waals surface area contributed by atoms with E-state index >= 15 is 0 Å². The number of aromatic nitrogens is 1. The highest BCUT2D eigenvalue weighted by Crippen LogP contribution is 2.15. The van der Waals surface area contributed by atoms with Gasteiger partial charge < -0.3 is 5.11 Å². The van der Waals surface area contributed by atoms with Crippen molar-refractivity contribution in [1.29, 1.82) is 0 Å². The lowest BCUT2D eigenvalue weighted by Gasteiger charge is -2.08. The molecule has 0 aliphatic carbocycles. The van der Waals surface area contributed by atoms with Gasteiger partial charge in [0.1, 0.15) is 5.75 Å². The number of phenolic OH excluding ortho intramolecular Hbond substituents is 1. The number of nitrogens with one attached hydrogen (secondary N) is 1. The molecule has 0 spiro atoms. The molecular weight excluding hydrogens is 276 g/mol. The van der Waals surface area contributed by atoms with E-state index < -0.39 is 10.0 Å². The molecule has 106 valence electrons. The fraction of sp³-hybridized carbons (Fsp3) is 0.214. The van der Waals surface area contributed by atoms with Crippen LogP contribution in [0.25, 0.3) is 0 Å². The molecule has 0 bridgehead atoms. The van der Waals surface area contributed by atoms with E-state index in [1.807, 2.05) is 0 Å². The van der Waals surface area contributed by atoms with Gasteiger partial charge in [0.2, 0.25) is 10.0 Å². The van der Waals surface area contributed by atoms with E-state index in [0.29, 0.717) is 12.0 Å². The van der Waals surface area contributed by atoms with Crippen molar-refractivity contribution in [2.45, 2.75) is 13.0 Å². The van der Waals surface area contributed by atoms with Gasteiger partial charge in [0.15, 0.2) is 0 Å². The number of aryl methyl sites for hydroxylation is 1. The van der Waals surface area contributed by atoms with Crippen molar-refractivity contribution >= 4 is 10.0 Å². The van der Waals surface area contributed by atoms with E-state index in [2.05, 4.69) is 9.71 Å². The minimum Gasteiger partial charge on any atom is -0.508 e. The van der Waals surface area contributed by atoms with Crippen molar-refractivity contribution in [2.24, 2.45) is 0 Å². The summed E-state index contributed by atoms with van der Waals surface area (Å²) in [6.45, 7) is 0.0886. The number of hydrogen-bond acceptors (Lipinski definition) is 4. The first kappa shape index (κ1) is 14.5. The Morgan fingerprint density at radius 1 is 1.10 bits per heavy atom. The van der Waals surface area contributed by atoms with Crippen LogP contribution in [0.2, 0.25) is 0 Å². The van der Waals surface area contributed by atoms with Gasteiger partial charge >= 0.3 is 0 Å². The zero-order valence-electron chi connectivity index (χ0n) is 10.9. The third-order valence-electron chi connectivity index (χ3n) is 2.88. The first-order chi connectivity index (χ1) is 9.57. The zero-order valence-corrected chi connectivity index (χ0v) is 11.7. The van der Waals surface area contributed by atoms with Gasteiger partial charge in [-0.3, -0.25) is 4.98 Å². The van der Waals surface area contributed by atoms with Crippen LogP contribution in [0.15, 0.2) is 48.8 Å². The molecule has 1 aromatic heterocycles. The summed E-state index contributed by atoms with van der Waals surface area (Å²) < 4.78 is 26.2. The molecule has 2 rings (SSSR count). The van der Waals surface area contributed by atoms with Crippen LogP contribution in [-0.2, 0) is 23.0 Å². The molecule has 0 saturated heterocycles. The third kappa shape index (κ3) is 4.32. The van der Waals surface area contributed by atoms with Crippen LogP contribution in [0, 0.1) is 0 Å². The SMILES string of the molecule is O=S(=O)(CCc1ccncc1)NCc1ccccc1O. The van der Waals surface area contributed by atoms with Crippen LogP contribution in [0.1, 0.15) is 11.1 Å². The Balaban J connectivity index is 1.90. The molecule has 0 fully saturated rings. The van der Waals surface area contributed by atoms with Gasteiger partial charge in [0.25, 0.3) is 0 Å². The maximum atomic E-state index is 11.9. The van der Waals surface area contributed by atoms with Gasteiger partial charge in [-0.25, -0.2) is 13.1 Å². The number of pyridine rings is 1. The Morgan fingerprint density at radius 3 is 2.50 bits per heavy atom. The zero-order chi connectivity index (χ0) is 14.4. The lowest BCUT2D eigenvalue weighted by Crippen LogP contribution is -2.26. The second-order valence-electron chi connectivity index (χ2n) is 4.37. The smallest absolute Gasteiger partial charge is 0.212 e.